The van der Waals surface area contributed by atoms with E-state index in [1.807, 2.05) is 4.90 Å². The molecule has 1 amide bonds. The van der Waals surface area contributed by atoms with Crippen molar-refractivity contribution in [3.05, 3.63) is 0 Å². The molecule has 0 bridgehead atoms. The van der Waals surface area contributed by atoms with Crippen molar-refractivity contribution < 1.29 is 9.53 Å². The summed E-state index contributed by atoms with van der Waals surface area (Å²) < 4.78 is 5.72. The van der Waals surface area contributed by atoms with Gasteiger partial charge >= 0.3 is 0 Å². The Kier molecular flexibility index (Phi) is 11.5. The van der Waals surface area contributed by atoms with Crippen molar-refractivity contribution in [2.75, 3.05) is 72.6 Å². The van der Waals surface area contributed by atoms with E-state index >= 15 is 0 Å². The van der Waals surface area contributed by atoms with Gasteiger partial charge < -0.3 is 19.9 Å². The third-order valence-corrected chi connectivity index (χ3v) is 4.81. The average Bonchev–Trinajstić information content (AvgIpc) is 3.42. The highest BCUT2D eigenvalue weighted by molar-refractivity contribution is 14.0. The molecule has 26 heavy (non-hydrogen) atoms. The number of nitrogens with zero attached hydrogens (tertiary/aromatic N) is 4. The zero-order chi connectivity index (χ0) is 18.1. The molecule has 1 N–H and O–H groups in total. The topological polar surface area (TPSA) is 60.4 Å². The maximum atomic E-state index is 11.4. The summed E-state index contributed by atoms with van der Waals surface area (Å²) >= 11 is 0. The van der Waals surface area contributed by atoms with E-state index in [1.54, 1.807) is 6.92 Å². The fraction of sp³-hybridized carbons (Fsp3) is 0.889. The molecule has 0 atom stereocenters. The van der Waals surface area contributed by atoms with Gasteiger partial charge in [-0.1, -0.05) is 0 Å². The fourth-order valence-electron chi connectivity index (χ4n) is 2.90. The molecule has 1 aliphatic carbocycles. The molecule has 152 valence electrons. The van der Waals surface area contributed by atoms with E-state index in [1.165, 1.54) is 12.8 Å². The van der Waals surface area contributed by atoms with Gasteiger partial charge in [0, 0.05) is 66.4 Å². The van der Waals surface area contributed by atoms with Gasteiger partial charge in [0.1, 0.15) is 0 Å². The molecule has 2 fully saturated rings. The van der Waals surface area contributed by atoms with Gasteiger partial charge in [-0.3, -0.25) is 14.7 Å². The molecule has 2 aliphatic rings. The zero-order valence-corrected chi connectivity index (χ0v) is 18.9. The molecule has 0 radical (unpaired) electrons. The van der Waals surface area contributed by atoms with E-state index in [9.17, 15) is 4.79 Å². The minimum absolute atomic E-state index is 0. The molecule has 0 aromatic heterocycles. The lowest BCUT2D eigenvalue weighted by Gasteiger charge is -2.33. The molecule has 0 spiro atoms. The highest BCUT2D eigenvalue weighted by Gasteiger charge is 2.21. The standard InChI is InChI=1S/C18H35N5O2.HI/c1-4-19-18(21(3)13-14-25-15-17-5-6-17)20-7-8-22-9-11-23(12-10-22)16(2)24;/h17H,4-15H2,1-3H3,(H,19,20);1H. The van der Waals surface area contributed by atoms with Crippen molar-refractivity contribution >= 4 is 35.8 Å². The number of aliphatic imine (C=N–C) groups is 1. The van der Waals surface area contributed by atoms with Crippen LogP contribution in [0.15, 0.2) is 4.99 Å². The van der Waals surface area contributed by atoms with E-state index in [2.05, 4.69) is 29.1 Å². The van der Waals surface area contributed by atoms with E-state index in [4.69, 9.17) is 9.73 Å². The van der Waals surface area contributed by atoms with Crippen LogP contribution in [0.1, 0.15) is 26.7 Å². The molecule has 8 heteroatoms. The van der Waals surface area contributed by atoms with Crippen LogP contribution < -0.4 is 5.32 Å². The molecule has 1 heterocycles. The van der Waals surface area contributed by atoms with Crippen LogP contribution in [0.2, 0.25) is 0 Å². The summed E-state index contributed by atoms with van der Waals surface area (Å²) in [7, 11) is 2.06. The van der Waals surface area contributed by atoms with Gasteiger partial charge in [-0.15, -0.1) is 24.0 Å². The second kappa shape index (κ2) is 12.7. The van der Waals surface area contributed by atoms with Crippen LogP contribution in [0.5, 0.6) is 0 Å². The summed E-state index contributed by atoms with van der Waals surface area (Å²) in [4.78, 5) is 22.5. The first kappa shape index (κ1) is 23.4. The minimum Gasteiger partial charge on any atom is -0.379 e. The molecule has 2 rings (SSSR count). The number of ether oxygens (including phenoxy) is 1. The number of guanidine groups is 1. The molecule has 0 unspecified atom stereocenters. The Hall–Kier alpha value is -0.610. The number of halogens is 1. The fourth-order valence-corrected chi connectivity index (χ4v) is 2.90. The van der Waals surface area contributed by atoms with E-state index < -0.39 is 0 Å². The van der Waals surface area contributed by atoms with Crippen molar-refractivity contribution in [3.8, 4) is 0 Å². The molecular weight excluding hydrogens is 445 g/mol. The highest BCUT2D eigenvalue weighted by atomic mass is 127. The molecule has 1 saturated carbocycles. The number of amides is 1. The Morgan fingerprint density at radius 1 is 1.27 bits per heavy atom. The summed E-state index contributed by atoms with van der Waals surface area (Å²) in [6, 6.07) is 0. The van der Waals surface area contributed by atoms with Gasteiger partial charge in [-0.05, 0) is 25.7 Å². The predicted molar refractivity (Wildman–Crippen MR) is 116 cm³/mol. The molecular formula is C18H36IN5O2. The summed E-state index contributed by atoms with van der Waals surface area (Å²) in [5, 5.41) is 3.35. The molecule has 0 aromatic rings. The van der Waals surface area contributed by atoms with Gasteiger partial charge in [0.15, 0.2) is 5.96 Å². The van der Waals surface area contributed by atoms with Crippen molar-refractivity contribution in [3.63, 3.8) is 0 Å². The Balaban J connectivity index is 0.00000338. The monoisotopic (exact) mass is 481 g/mol. The molecule has 7 nitrogen and oxygen atoms in total. The summed E-state index contributed by atoms with van der Waals surface area (Å²) in [5.74, 6) is 1.94. The quantitative estimate of drug-likeness (QED) is 0.231. The highest BCUT2D eigenvalue weighted by Crippen LogP contribution is 2.28. The van der Waals surface area contributed by atoms with Crippen molar-refractivity contribution in [2.45, 2.75) is 26.7 Å². The van der Waals surface area contributed by atoms with Gasteiger partial charge in [-0.2, -0.15) is 0 Å². The second-order valence-corrected chi connectivity index (χ2v) is 7.02. The van der Waals surface area contributed by atoms with Crippen LogP contribution in [0, 0.1) is 5.92 Å². The number of hydrogen-bond donors (Lipinski definition) is 1. The van der Waals surface area contributed by atoms with Crippen LogP contribution in [0.25, 0.3) is 0 Å². The number of carbonyl (C=O) groups excluding carboxylic acids is 1. The van der Waals surface area contributed by atoms with Crippen LogP contribution in [-0.2, 0) is 9.53 Å². The maximum Gasteiger partial charge on any atom is 0.219 e. The SMILES string of the molecule is CCNC(=NCCN1CCN(C(C)=O)CC1)N(C)CCOCC1CC1.I. The number of carbonyl (C=O) groups is 1. The predicted octanol–water partition coefficient (Wildman–Crippen LogP) is 1.09. The second-order valence-electron chi connectivity index (χ2n) is 7.02. The first-order valence-electron chi connectivity index (χ1n) is 9.65. The third-order valence-electron chi connectivity index (χ3n) is 4.81. The molecule has 0 aromatic carbocycles. The molecule has 1 saturated heterocycles. The van der Waals surface area contributed by atoms with Crippen LogP contribution in [0.4, 0.5) is 0 Å². The number of rotatable bonds is 9. The number of hydrogen-bond acceptors (Lipinski definition) is 4. The Morgan fingerprint density at radius 2 is 1.96 bits per heavy atom. The van der Waals surface area contributed by atoms with E-state index in [0.29, 0.717) is 0 Å². The van der Waals surface area contributed by atoms with Gasteiger partial charge in [0.25, 0.3) is 0 Å². The van der Waals surface area contributed by atoms with Gasteiger partial charge in [-0.25, -0.2) is 0 Å². The third kappa shape index (κ3) is 8.85. The lowest BCUT2D eigenvalue weighted by atomic mass is 10.3. The Labute approximate surface area is 175 Å². The number of likely N-dealkylation sites (N-methyl/N-ethyl adjacent to an activating group) is 1. The zero-order valence-electron chi connectivity index (χ0n) is 16.6. The van der Waals surface area contributed by atoms with Crippen molar-refractivity contribution in [1.82, 2.24) is 20.0 Å². The van der Waals surface area contributed by atoms with Crippen LogP contribution in [-0.4, -0.2) is 99.2 Å². The molecule has 1 aliphatic heterocycles. The lowest BCUT2D eigenvalue weighted by Crippen LogP contribution is -2.48. The van der Waals surface area contributed by atoms with Gasteiger partial charge in [0.05, 0.1) is 13.2 Å². The van der Waals surface area contributed by atoms with Crippen LogP contribution >= 0.6 is 24.0 Å². The van der Waals surface area contributed by atoms with Crippen molar-refractivity contribution in [1.29, 1.82) is 0 Å². The number of piperazine rings is 1. The van der Waals surface area contributed by atoms with Crippen LogP contribution in [0.3, 0.4) is 0 Å². The summed E-state index contributed by atoms with van der Waals surface area (Å²) in [6.07, 6.45) is 2.67. The summed E-state index contributed by atoms with van der Waals surface area (Å²) in [6.45, 7) is 12.4. The van der Waals surface area contributed by atoms with E-state index in [-0.39, 0.29) is 29.9 Å². The van der Waals surface area contributed by atoms with E-state index in [0.717, 1.165) is 77.4 Å². The minimum atomic E-state index is 0. The first-order chi connectivity index (χ1) is 12.1. The summed E-state index contributed by atoms with van der Waals surface area (Å²) in [5.41, 5.74) is 0. The Bertz CT molecular complexity index is 437. The van der Waals surface area contributed by atoms with Crippen molar-refractivity contribution in [2.24, 2.45) is 10.9 Å². The first-order valence-corrected chi connectivity index (χ1v) is 9.65. The lowest BCUT2D eigenvalue weighted by molar-refractivity contribution is -0.130. The average molecular weight is 481 g/mol. The smallest absolute Gasteiger partial charge is 0.219 e. The largest absolute Gasteiger partial charge is 0.379 e. The number of nitrogens with one attached hydrogen (secondary N) is 1. The van der Waals surface area contributed by atoms with Gasteiger partial charge in [0.2, 0.25) is 5.91 Å². The Morgan fingerprint density at radius 3 is 2.54 bits per heavy atom. The normalized spacial score (nSPS) is 18.4. The maximum absolute atomic E-state index is 11.4.